The molecule has 1 heterocycles. The SMILES string of the molecule is CC(C(=O)c1ccc(Cl)s1)S(=O)(=O)c1cc(F)ccc1F. The van der Waals surface area contributed by atoms with Crippen LogP contribution in [0.25, 0.3) is 0 Å². The maximum atomic E-state index is 13.6. The molecule has 2 rings (SSSR count). The first-order valence-electron chi connectivity index (χ1n) is 5.72. The van der Waals surface area contributed by atoms with Crippen molar-refractivity contribution in [3.8, 4) is 0 Å². The van der Waals surface area contributed by atoms with Gasteiger partial charge >= 0.3 is 0 Å². The fourth-order valence-corrected chi connectivity index (χ4v) is 4.23. The van der Waals surface area contributed by atoms with Gasteiger partial charge in [0.2, 0.25) is 0 Å². The summed E-state index contributed by atoms with van der Waals surface area (Å²) >= 11 is 6.62. The minimum Gasteiger partial charge on any atom is -0.292 e. The van der Waals surface area contributed by atoms with Crippen molar-refractivity contribution in [1.29, 1.82) is 0 Å². The number of Topliss-reactive ketones (excluding diaryl/α,β-unsaturated/α-hetero) is 1. The molecular weight excluding hydrogens is 342 g/mol. The molecule has 0 N–H and O–H groups in total. The minimum absolute atomic E-state index is 0.146. The molecule has 1 unspecified atom stereocenters. The molecule has 0 spiro atoms. The Hall–Kier alpha value is -1.31. The molecule has 3 nitrogen and oxygen atoms in total. The number of sulfone groups is 1. The number of rotatable bonds is 4. The maximum Gasteiger partial charge on any atom is 0.191 e. The van der Waals surface area contributed by atoms with Gasteiger partial charge in [-0.3, -0.25) is 4.79 Å². The van der Waals surface area contributed by atoms with E-state index in [4.69, 9.17) is 11.6 Å². The van der Waals surface area contributed by atoms with Gasteiger partial charge in [0, 0.05) is 0 Å². The predicted molar refractivity (Wildman–Crippen MR) is 76.7 cm³/mol. The molecule has 0 fully saturated rings. The zero-order chi connectivity index (χ0) is 15.8. The highest BCUT2D eigenvalue weighted by Gasteiger charge is 2.33. The second-order valence-electron chi connectivity index (χ2n) is 4.23. The molecule has 0 saturated heterocycles. The number of hydrogen-bond acceptors (Lipinski definition) is 4. The van der Waals surface area contributed by atoms with E-state index in [1.807, 2.05) is 0 Å². The Morgan fingerprint density at radius 1 is 1.24 bits per heavy atom. The number of carbonyl (C=O) groups excluding carboxylic acids is 1. The molecule has 112 valence electrons. The molecule has 2 aromatic rings. The van der Waals surface area contributed by atoms with Crippen molar-refractivity contribution in [3.63, 3.8) is 0 Å². The zero-order valence-electron chi connectivity index (χ0n) is 10.6. The second kappa shape index (κ2) is 5.82. The van der Waals surface area contributed by atoms with Gasteiger partial charge in [0.15, 0.2) is 15.6 Å². The van der Waals surface area contributed by atoms with Gasteiger partial charge < -0.3 is 0 Å². The molecule has 0 aliphatic heterocycles. The maximum absolute atomic E-state index is 13.6. The van der Waals surface area contributed by atoms with Gasteiger partial charge in [-0.1, -0.05) is 11.6 Å². The molecule has 1 aromatic heterocycles. The van der Waals surface area contributed by atoms with Crippen molar-refractivity contribution < 1.29 is 22.0 Å². The van der Waals surface area contributed by atoms with Gasteiger partial charge in [0.25, 0.3) is 0 Å². The monoisotopic (exact) mass is 350 g/mol. The molecule has 21 heavy (non-hydrogen) atoms. The quantitative estimate of drug-likeness (QED) is 0.789. The van der Waals surface area contributed by atoms with E-state index in [1.165, 1.54) is 12.1 Å². The number of benzene rings is 1. The fraction of sp³-hybridized carbons (Fsp3) is 0.154. The van der Waals surface area contributed by atoms with Crippen LogP contribution in [0.1, 0.15) is 16.6 Å². The molecule has 0 aliphatic rings. The lowest BCUT2D eigenvalue weighted by molar-refractivity contribution is 0.0995. The number of halogens is 3. The van der Waals surface area contributed by atoms with Crippen LogP contribution in [0.4, 0.5) is 8.78 Å². The Morgan fingerprint density at radius 2 is 1.90 bits per heavy atom. The lowest BCUT2D eigenvalue weighted by atomic mass is 10.2. The van der Waals surface area contributed by atoms with Gasteiger partial charge in [0.05, 0.1) is 9.21 Å². The van der Waals surface area contributed by atoms with Crippen molar-refractivity contribution in [2.75, 3.05) is 0 Å². The highest BCUT2D eigenvalue weighted by atomic mass is 35.5. The van der Waals surface area contributed by atoms with Crippen LogP contribution in [-0.4, -0.2) is 19.5 Å². The highest BCUT2D eigenvalue weighted by Crippen LogP contribution is 2.27. The molecule has 0 amide bonds. The number of hydrogen-bond donors (Lipinski definition) is 0. The number of carbonyl (C=O) groups is 1. The number of ketones is 1. The first kappa shape index (κ1) is 16.1. The predicted octanol–water partition coefficient (Wildman–Crippen LogP) is 3.72. The summed E-state index contributed by atoms with van der Waals surface area (Å²) in [5, 5.41) is -1.54. The Bertz CT molecular complexity index is 799. The molecule has 8 heteroatoms. The normalized spacial score (nSPS) is 13.1. The average Bonchev–Trinajstić information content (AvgIpc) is 2.86. The van der Waals surface area contributed by atoms with Gasteiger partial charge in [-0.05, 0) is 37.3 Å². The lowest BCUT2D eigenvalue weighted by Crippen LogP contribution is -2.27. The molecule has 0 radical (unpaired) electrons. The molecule has 1 aromatic carbocycles. The van der Waals surface area contributed by atoms with Crippen molar-refractivity contribution in [2.45, 2.75) is 17.1 Å². The van der Waals surface area contributed by atoms with Crippen molar-refractivity contribution >= 4 is 38.6 Å². The largest absolute Gasteiger partial charge is 0.292 e. The first-order valence-corrected chi connectivity index (χ1v) is 8.46. The third-order valence-corrected chi connectivity index (χ3v) is 6.17. The first-order chi connectivity index (χ1) is 9.73. The summed E-state index contributed by atoms with van der Waals surface area (Å²) < 4.78 is 51.6. The van der Waals surface area contributed by atoms with Crippen molar-refractivity contribution in [1.82, 2.24) is 0 Å². The molecular formula is C13H9ClF2O3S2. The molecule has 0 aliphatic carbocycles. The second-order valence-corrected chi connectivity index (χ2v) is 8.18. The average molecular weight is 351 g/mol. The number of thiophene rings is 1. The highest BCUT2D eigenvalue weighted by molar-refractivity contribution is 7.92. The van der Waals surface area contributed by atoms with E-state index in [0.717, 1.165) is 24.3 Å². The lowest BCUT2D eigenvalue weighted by Gasteiger charge is -2.12. The van der Waals surface area contributed by atoms with Crippen LogP contribution >= 0.6 is 22.9 Å². The van der Waals surface area contributed by atoms with Crippen LogP contribution in [0.2, 0.25) is 4.34 Å². The summed E-state index contributed by atoms with van der Waals surface area (Å²) in [5.41, 5.74) is 0. The van der Waals surface area contributed by atoms with E-state index >= 15 is 0 Å². The van der Waals surface area contributed by atoms with Gasteiger partial charge in [0.1, 0.15) is 21.8 Å². The van der Waals surface area contributed by atoms with Gasteiger partial charge in [-0.25, -0.2) is 17.2 Å². The summed E-state index contributed by atoms with van der Waals surface area (Å²) in [6.07, 6.45) is 0. The van der Waals surface area contributed by atoms with E-state index < -0.39 is 37.4 Å². The Kier molecular flexibility index (Phi) is 4.46. The van der Waals surface area contributed by atoms with Crippen LogP contribution < -0.4 is 0 Å². The van der Waals surface area contributed by atoms with Crippen molar-refractivity contribution in [3.05, 3.63) is 51.2 Å². The van der Waals surface area contributed by atoms with E-state index in [2.05, 4.69) is 0 Å². The Morgan fingerprint density at radius 3 is 2.48 bits per heavy atom. The zero-order valence-corrected chi connectivity index (χ0v) is 13.0. The van der Waals surface area contributed by atoms with E-state index in [9.17, 15) is 22.0 Å². The van der Waals surface area contributed by atoms with E-state index in [-0.39, 0.29) is 4.88 Å². The summed E-state index contributed by atoms with van der Waals surface area (Å²) in [7, 11) is -4.33. The topological polar surface area (TPSA) is 51.2 Å². The Labute approximate surface area is 129 Å². The van der Waals surface area contributed by atoms with Crippen molar-refractivity contribution in [2.24, 2.45) is 0 Å². The standard InChI is InChI=1S/C13H9ClF2O3S2/c1-7(13(17)10-4-5-12(14)20-10)21(18,19)11-6-8(15)2-3-9(11)16/h2-7H,1H3. The summed E-state index contributed by atoms with van der Waals surface area (Å²) in [6, 6.07) is 4.93. The fourth-order valence-electron chi connectivity index (χ4n) is 1.67. The summed E-state index contributed by atoms with van der Waals surface area (Å²) in [5.74, 6) is -2.70. The van der Waals surface area contributed by atoms with Crippen LogP contribution in [0.5, 0.6) is 0 Å². The third-order valence-electron chi connectivity index (χ3n) is 2.85. The van der Waals surface area contributed by atoms with Crippen LogP contribution in [0.15, 0.2) is 35.2 Å². The molecule has 1 atom stereocenters. The summed E-state index contributed by atoms with van der Waals surface area (Å²) in [4.78, 5) is 11.4. The minimum atomic E-state index is -4.33. The smallest absolute Gasteiger partial charge is 0.191 e. The van der Waals surface area contributed by atoms with E-state index in [1.54, 1.807) is 0 Å². The van der Waals surface area contributed by atoms with Gasteiger partial charge in [-0.15, -0.1) is 11.3 Å². The molecule has 0 saturated carbocycles. The van der Waals surface area contributed by atoms with E-state index in [0.29, 0.717) is 16.5 Å². The van der Waals surface area contributed by atoms with Gasteiger partial charge in [-0.2, -0.15) is 0 Å². The molecule has 0 bridgehead atoms. The van der Waals surface area contributed by atoms with Crippen LogP contribution in [-0.2, 0) is 9.84 Å². The van der Waals surface area contributed by atoms with Crippen LogP contribution in [0.3, 0.4) is 0 Å². The third kappa shape index (κ3) is 3.14. The summed E-state index contributed by atoms with van der Waals surface area (Å²) in [6.45, 7) is 1.13. The Balaban J connectivity index is 2.43. The van der Waals surface area contributed by atoms with Crippen LogP contribution in [0, 0.1) is 11.6 Å².